The Balaban J connectivity index is 1.29. The van der Waals surface area contributed by atoms with E-state index in [0.29, 0.717) is 65.9 Å². The number of phenols is 1. The van der Waals surface area contributed by atoms with Crippen molar-refractivity contribution in [3.8, 4) is 23.0 Å². The lowest BCUT2D eigenvalue weighted by Gasteiger charge is -2.18. The lowest BCUT2D eigenvalue weighted by Crippen LogP contribution is -2.11. The quantitative estimate of drug-likeness (QED) is 0.0836. The maximum atomic E-state index is 12.5. The summed E-state index contributed by atoms with van der Waals surface area (Å²) >= 11 is 0. The van der Waals surface area contributed by atoms with Gasteiger partial charge in [0.15, 0.2) is 5.75 Å². The van der Waals surface area contributed by atoms with E-state index in [2.05, 4.69) is 0 Å². The third-order valence-electron chi connectivity index (χ3n) is 8.53. The Morgan fingerprint density at radius 2 is 1.30 bits per heavy atom. The number of hydrogen-bond donors (Lipinski definition) is 1. The molecule has 0 radical (unpaired) electrons. The third-order valence-corrected chi connectivity index (χ3v) is 8.53. The molecular weight excluding hydrogens is 608 g/mol. The molecule has 47 heavy (non-hydrogen) atoms. The zero-order chi connectivity index (χ0) is 34.4. The summed E-state index contributed by atoms with van der Waals surface area (Å²) in [6.45, 7) is 9.28. The van der Waals surface area contributed by atoms with Crippen molar-refractivity contribution in [1.29, 1.82) is 0 Å². The molecule has 0 spiro atoms. The van der Waals surface area contributed by atoms with E-state index < -0.39 is 17.9 Å². The molecule has 4 rings (SSSR count). The van der Waals surface area contributed by atoms with E-state index in [1.165, 1.54) is 21.1 Å². The van der Waals surface area contributed by atoms with E-state index >= 15 is 0 Å². The van der Waals surface area contributed by atoms with Gasteiger partial charge in [0.05, 0.1) is 20.8 Å². The third kappa shape index (κ3) is 7.61. The molecule has 2 aliphatic rings. The van der Waals surface area contributed by atoms with Crippen molar-refractivity contribution < 1.29 is 52.7 Å². The van der Waals surface area contributed by atoms with Crippen LogP contribution in [0.2, 0.25) is 0 Å². The fourth-order valence-electron chi connectivity index (χ4n) is 5.96. The molecule has 0 atom stereocenters. The van der Waals surface area contributed by atoms with E-state index in [4.69, 9.17) is 28.4 Å². The van der Waals surface area contributed by atoms with Crippen LogP contribution in [0.4, 0.5) is 0 Å². The second kappa shape index (κ2) is 15.2. The molecule has 1 N–H and O–H groups in total. The minimum Gasteiger partial charge on any atom is -0.507 e. The number of carbonyl (C=O) groups is 4. The van der Waals surface area contributed by atoms with Crippen LogP contribution >= 0.6 is 0 Å². The molecule has 0 bridgehead atoms. The molecule has 0 unspecified atom stereocenters. The van der Waals surface area contributed by atoms with Gasteiger partial charge >= 0.3 is 23.9 Å². The number of aromatic hydroxyl groups is 1. The van der Waals surface area contributed by atoms with Crippen LogP contribution in [-0.4, -0.2) is 49.8 Å². The maximum Gasteiger partial charge on any atom is 0.342 e. The Kier molecular flexibility index (Phi) is 11.3. The Morgan fingerprint density at radius 3 is 1.89 bits per heavy atom. The fourth-order valence-corrected chi connectivity index (χ4v) is 5.96. The number of rotatable bonds is 14. The topological polar surface area (TPSA) is 144 Å². The number of allylic oxidation sites excluding steroid dienone is 4. The Labute approximate surface area is 274 Å². The maximum absolute atomic E-state index is 12.5. The van der Waals surface area contributed by atoms with Gasteiger partial charge in [-0.2, -0.15) is 0 Å². The number of methoxy groups -OCH3 is 2. The van der Waals surface area contributed by atoms with Crippen LogP contribution in [0.5, 0.6) is 23.0 Å². The van der Waals surface area contributed by atoms with Gasteiger partial charge in [0, 0.05) is 35.6 Å². The van der Waals surface area contributed by atoms with Crippen LogP contribution in [0.3, 0.4) is 0 Å². The summed E-state index contributed by atoms with van der Waals surface area (Å²) in [7, 11) is 3.05. The first-order valence-corrected chi connectivity index (χ1v) is 15.5. The highest BCUT2D eigenvalue weighted by Gasteiger charge is 2.34. The molecule has 2 aliphatic heterocycles. The largest absolute Gasteiger partial charge is 0.507 e. The zero-order valence-electron chi connectivity index (χ0n) is 28.0. The number of ether oxygens (including phenoxy) is 6. The molecule has 11 nitrogen and oxygen atoms in total. The molecular formula is C36H42O11. The van der Waals surface area contributed by atoms with Gasteiger partial charge in [0.25, 0.3) is 0 Å². The number of fused-ring (bicyclic) bond motifs is 2. The van der Waals surface area contributed by atoms with Gasteiger partial charge in [-0.1, -0.05) is 23.3 Å². The minimum atomic E-state index is -0.560. The van der Waals surface area contributed by atoms with Crippen molar-refractivity contribution in [3.05, 3.63) is 67.8 Å². The van der Waals surface area contributed by atoms with Gasteiger partial charge in [0.1, 0.15) is 41.6 Å². The molecule has 2 aromatic rings. The summed E-state index contributed by atoms with van der Waals surface area (Å²) in [5.41, 5.74) is 6.33. The highest BCUT2D eigenvalue weighted by Crippen LogP contribution is 2.44. The number of cyclic esters (lactones) is 2. The van der Waals surface area contributed by atoms with Crippen molar-refractivity contribution in [2.45, 2.75) is 86.4 Å². The van der Waals surface area contributed by atoms with Crippen LogP contribution in [0.15, 0.2) is 23.3 Å². The van der Waals surface area contributed by atoms with E-state index in [9.17, 15) is 24.3 Å². The van der Waals surface area contributed by atoms with Gasteiger partial charge in [0.2, 0.25) is 0 Å². The number of carbonyl (C=O) groups excluding carboxylic acids is 4. The fraction of sp³-hybridized carbons (Fsp3) is 0.444. The summed E-state index contributed by atoms with van der Waals surface area (Å²) < 4.78 is 32.4. The van der Waals surface area contributed by atoms with Crippen molar-refractivity contribution in [2.75, 3.05) is 20.8 Å². The van der Waals surface area contributed by atoms with E-state index in [-0.39, 0.29) is 54.8 Å². The van der Waals surface area contributed by atoms with Crippen LogP contribution in [0.1, 0.15) is 101 Å². The zero-order valence-corrected chi connectivity index (χ0v) is 28.0. The second-order valence-electron chi connectivity index (χ2n) is 11.7. The Morgan fingerprint density at radius 1 is 0.766 bits per heavy atom. The van der Waals surface area contributed by atoms with Crippen LogP contribution in [0, 0.1) is 13.8 Å². The SMILES string of the molecule is COc1c(C)c2c(c(O)c1C/C=C(\C)CCCOC(=O)CC/C(C)=C/Cc1c(OC)c(C)c3c(c1OC(C)=O)C(=O)OC3)C(=O)OC2. The minimum absolute atomic E-state index is 0.0890. The first-order chi connectivity index (χ1) is 22.4. The normalized spacial score (nSPS) is 13.9. The standard InChI is InChI=1S/C36H42O11/c1-19(10-13-24-31(39)29-26(17-45-35(29)40)21(3)32(24)42-6)9-8-16-44-28(38)15-12-20(2)11-14-25-33(43-7)22(4)27-18-46-36(41)30(27)34(25)47-23(5)37/h10-11,39H,8-9,12-18H2,1-7H3/b19-10+,20-11+. The summed E-state index contributed by atoms with van der Waals surface area (Å²) in [6, 6.07) is 0. The van der Waals surface area contributed by atoms with Crippen LogP contribution < -0.4 is 14.2 Å². The Bertz CT molecular complexity index is 1660. The first-order valence-electron chi connectivity index (χ1n) is 15.5. The van der Waals surface area contributed by atoms with E-state index in [0.717, 1.165) is 22.3 Å². The summed E-state index contributed by atoms with van der Waals surface area (Å²) in [6.07, 6.45) is 6.54. The number of hydrogen-bond acceptors (Lipinski definition) is 11. The van der Waals surface area contributed by atoms with Crippen LogP contribution in [0.25, 0.3) is 0 Å². The molecule has 11 heteroatoms. The van der Waals surface area contributed by atoms with E-state index in [1.807, 2.05) is 39.8 Å². The molecule has 2 heterocycles. The van der Waals surface area contributed by atoms with Crippen molar-refractivity contribution in [3.63, 3.8) is 0 Å². The van der Waals surface area contributed by atoms with Gasteiger partial charge in [-0.05, 0) is 70.9 Å². The van der Waals surface area contributed by atoms with E-state index in [1.54, 1.807) is 0 Å². The average Bonchev–Trinajstić information content (AvgIpc) is 3.62. The lowest BCUT2D eigenvalue weighted by molar-refractivity contribution is -0.143. The number of esters is 4. The first kappa shape index (κ1) is 35.1. The molecule has 0 fully saturated rings. The summed E-state index contributed by atoms with van der Waals surface area (Å²) in [5.74, 6) is -0.851. The van der Waals surface area contributed by atoms with Crippen molar-refractivity contribution in [2.24, 2.45) is 0 Å². The number of phenolic OH excluding ortho intramolecular Hbond substituents is 1. The molecule has 0 aromatic heterocycles. The predicted octanol–water partition coefficient (Wildman–Crippen LogP) is 6.07. The highest BCUT2D eigenvalue weighted by molar-refractivity contribution is 5.99. The van der Waals surface area contributed by atoms with Crippen LogP contribution in [-0.2, 0) is 49.9 Å². The molecule has 0 saturated carbocycles. The molecule has 0 amide bonds. The molecule has 0 saturated heterocycles. The monoisotopic (exact) mass is 650 g/mol. The molecule has 0 aliphatic carbocycles. The second-order valence-corrected chi connectivity index (χ2v) is 11.7. The van der Waals surface area contributed by atoms with Gasteiger partial charge < -0.3 is 33.5 Å². The van der Waals surface area contributed by atoms with Gasteiger partial charge in [-0.3, -0.25) is 9.59 Å². The molecule has 252 valence electrons. The predicted molar refractivity (Wildman–Crippen MR) is 171 cm³/mol. The summed E-state index contributed by atoms with van der Waals surface area (Å²) in [5, 5.41) is 10.8. The van der Waals surface area contributed by atoms with Gasteiger partial charge in [-0.15, -0.1) is 0 Å². The summed E-state index contributed by atoms with van der Waals surface area (Å²) in [4.78, 5) is 48.9. The van der Waals surface area contributed by atoms with Crippen molar-refractivity contribution in [1.82, 2.24) is 0 Å². The van der Waals surface area contributed by atoms with Crippen molar-refractivity contribution >= 4 is 23.9 Å². The number of benzene rings is 2. The molecule has 2 aromatic carbocycles. The Hall–Kier alpha value is -4.80. The lowest BCUT2D eigenvalue weighted by atomic mass is 9.94. The van der Waals surface area contributed by atoms with Gasteiger partial charge in [-0.25, -0.2) is 9.59 Å². The average molecular weight is 651 g/mol. The smallest absolute Gasteiger partial charge is 0.342 e. The highest BCUT2D eigenvalue weighted by atomic mass is 16.6.